The highest BCUT2D eigenvalue weighted by Crippen LogP contribution is 2.37. The van der Waals surface area contributed by atoms with E-state index < -0.39 is 6.04 Å². The van der Waals surface area contributed by atoms with Crippen LogP contribution in [0.3, 0.4) is 0 Å². The Kier molecular flexibility index (Phi) is 4.02. The molecule has 2 aromatic carbocycles. The third kappa shape index (κ3) is 2.71. The van der Waals surface area contributed by atoms with Crippen LogP contribution in [-0.2, 0) is 16.0 Å². The summed E-state index contributed by atoms with van der Waals surface area (Å²) in [5.41, 5.74) is 5.33. The molecule has 0 amide bonds. The third-order valence-corrected chi connectivity index (χ3v) is 5.19. The molecule has 3 aromatic rings. The molecule has 0 saturated carbocycles. The maximum atomic E-state index is 12.2. The van der Waals surface area contributed by atoms with Crippen molar-refractivity contribution in [2.45, 2.75) is 25.4 Å². The summed E-state index contributed by atoms with van der Waals surface area (Å²) in [7, 11) is 1.42. The van der Waals surface area contributed by atoms with Crippen LogP contribution in [-0.4, -0.2) is 24.1 Å². The number of rotatable bonds is 2. The number of halogens is 1. The first-order valence-electron chi connectivity index (χ1n) is 8.28. The molecule has 2 N–H and O–H groups in total. The number of ether oxygens (including phenoxy) is 1. The minimum atomic E-state index is -0.404. The van der Waals surface area contributed by atoms with Gasteiger partial charge in [-0.15, -0.1) is 0 Å². The van der Waals surface area contributed by atoms with Crippen molar-refractivity contribution in [3.05, 3.63) is 69.9 Å². The van der Waals surface area contributed by atoms with Gasteiger partial charge in [-0.3, -0.25) is 10.1 Å². The third-order valence-electron chi connectivity index (χ3n) is 4.86. The van der Waals surface area contributed by atoms with E-state index in [-0.39, 0.29) is 12.0 Å². The van der Waals surface area contributed by atoms with Crippen molar-refractivity contribution in [2.75, 3.05) is 7.11 Å². The van der Waals surface area contributed by atoms with Crippen LogP contribution in [0, 0.1) is 6.92 Å². The Labute approximate surface area is 151 Å². The van der Waals surface area contributed by atoms with Crippen molar-refractivity contribution in [2.24, 2.45) is 0 Å². The molecule has 5 heteroatoms. The second-order valence-electron chi connectivity index (χ2n) is 6.47. The highest BCUT2D eigenvalue weighted by molar-refractivity contribution is 6.31. The lowest BCUT2D eigenvalue weighted by atomic mass is 9.90. The molecule has 2 atom stereocenters. The minimum Gasteiger partial charge on any atom is -0.468 e. The summed E-state index contributed by atoms with van der Waals surface area (Å²) in [6, 6.07) is 13.6. The fraction of sp³-hybridized carbons (Fsp3) is 0.250. The first kappa shape index (κ1) is 16.2. The van der Waals surface area contributed by atoms with Gasteiger partial charge in [-0.25, -0.2) is 0 Å². The van der Waals surface area contributed by atoms with Crippen molar-refractivity contribution in [1.82, 2.24) is 10.3 Å². The SMILES string of the molecule is COC(=O)C1Cc2c([nH]c3ccccc23)C(c2ccc(C)cc2Cl)N1. The number of aromatic nitrogens is 1. The normalized spacial score (nSPS) is 19.6. The number of hydrogen-bond donors (Lipinski definition) is 2. The Morgan fingerprint density at radius 1 is 1.24 bits per heavy atom. The molecular formula is C20H19ClN2O2. The molecule has 0 aliphatic carbocycles. The van der Waals surface area contributed by atoms with E-state index in [9.17, 15) is 4.79 Å². The van der Waals surface area contributed by atoms with E-state index in [1.807, 2.05) is 37.3 Å². The number of esters is 1. The number of fused-ring (bicyclic) bond motifs is 3. The van der Waals surface area contributed by atoms with E-state index in [1.54, 1.807) is 0 Å². The number of carbonyl (C=O) groups excluding carboxylic acids is 1. The summed E-state index contributed by atoms with van der Waals surface area (Å²) in [5.74, 6) is -0.260. The number of para-hydroxylation sites is 1. The Hall–Kier alpha value is -2.30. The average molecular weight is 355 g/mol. The minimum absolute atomic E-state index is 0.187. The Balaban J connectivity index is 1.90. The van der Waals surface area contributed by atoms with Crippen LogP contribution in [0.15, 0.2) is 42.5 Å². The molecular weight excluding hydrogens is 336 g/mol. The largest absolute Gasteiger partial charge is 0.468 e. The number of nitrogens with one attached hydrogen (secondary N) is 2. The average Bonchev–Trinajstić information content (AvgIpc) is 2.99. The lowest BCUT2D eigenvalue weighted by Gasteiger charge is -2.30. The molecule has 128 valence electrons. The van der Waals surface area contributed by atoms with Gasteiger partial charge in [-0.2, -0.15) is 0 Å². The zero-order chi connectivity index (χ0) is 17.6. The highest BCUT2D eigenvalue weighted by atomic mass is 35.5. The standard InChI is InChI=1S/C20H19ClN2O2/c1-11-7-8-13(15(21)9-11)18-19-14(10-17(23-18)20(24)25-2)12-5-3-4-6-16(12)22-19/h3-9,17-18,22-23H,10H2,1-2H3. The maximum Gasteiger partial charge on any atom is 0.323 e. The summed E-state index contributed by atoms with van der Waals surface area (Å²) < 4.78 is 4.98. The molecule has 25 heavy (non-hydrogen) atoms. The molecule has 1 aromatic heterocycles. The van der Waals surface area contributed by atoms with Crippen LogP contribution in [0.5, 0.6) is 0 Å². The molecule has 0 saturated heterocycles. The zero-order valence-corrected chi connectivity index (χ0v) is 14.9. The number of carbonyl (C=O) groups is 1. The van der Waals surface area contributed by atoms with Crippen molar-refractivity contribution < 1.29 is 9.53 Å². The van der Waals surface area contributed by atoms with Crippen LogP contribution >= 0.6 is 11.6 Å². The quantitative estimate of drug-likeness (QED) is 0.686. The summed E-state index contributed by atoms with van der Waals surface area (Å²) in [5, 5.41) is 5.24. The van der Waals surface area contributed by atoms with Crippen LogP contribution in [0.1, 0.15) is 28.4 Å². The van der Waals surface area contributed by atoms with Gasteiger partial charge in [-0.05, 0) is 35.7 Å². The second-order valence-corrected chi connectivity index (χ2v) is 6.87. The van der Waals surface area contributed by atoms with Gasteiger partial charge in [0.25, 0.3) is 0 Å². The predicted octanol–water partition coefficient (Wildman–Crippen LogP) is 3.91. The van der Waals surface area contributed by atoms with Crippen molar-refractivity contribution in [3.8, 4) is 0 Å². The van der Waals surface area contributed by atoms with Crippen LogP contribution in [0.25, 0.3) is 10.9 Å². The second kappa shape index (κ2) is 6.21. The van der Waals surface area contributed by atoms with Gasteiger partial charge in [-0.1, -0.05) is 41.9 Å². The fourth-order valence-electron chi connectivity index (χ4n) is 3.64. The zero-order valence-electron chi connectivity index (χ0n) is 14.1. The van der Waals surface area contributed by atoms with E-state index in [2.05, 4.69) is 22.4 Å². The predicted molar refractivity (Wildman–Crippen MR) is 99.0 cm³/mol. The lowest BCUT2D eigenvalue weighted by molar-refractivity contribution is -0.143. The first-order valence-corrected chi connectivity index (χ1v) is 8.65. The summed E-state index contributed by atoms with van der Waals surface area (Å²) >= 11 is 6.52. The van der Waals surface area contributed by atoms with E-state index in [4.69, 9.17) is 16.3 Å². The Morgan fingerprint density at radius 3 is 2.80 bits per heavy atom. The fourth-order valence-corrected chi connectivity index (χ4v) is 3.98. The topological polar surface area (TPSA) is 54.1 Å². The lowest BCUT2D eigenvalue weighted by Crippen LogP contribution is -2.45. The number of aromatic amines is 1. The van der Waals surface area contributed by atoms with E-state index >= 15 is 0 Å². The summed E-state index contributed by atoms with van der Waals surface area (Å²) in [6.07, 6.45) is 0.589. The van der Waals surface area contributed by atoms with Crippen molar-refractivity contribution >= 4 is 28.5 Å². The first-order chi connectivity index (χ1) is 12.1. The van der Waals surface area contributed by atoms with Gasteiger partial charge in [0.1, 0.15) is 6.04 Å². The number of benzene rings is 2. The smallest absolute Gasteiger partial charge is 0.323 e. The van der Waals surface area contributed by atoms with E-state index in [0.717, 1.165) is 33.3 Å². The summed E-state index contributed by atoms with van der Waals surface area (Å²) in [6.45, 7) is 2.01. The molecule has 4 rings (SSSR count). The molecule has 0 bridgehead atoms. The molecule has 1 aliphatic rings. The van der Waals surface area contributed by atoms with Gasteiger partial charge >= 0.3 is 5.97 Å². The molecule has 2 heterocycles. The highest BCUT2D eigenvalue weighted by Gasteiger charge is 2.35. The van der Waals surface area contributed by atoms with E-state index in [0.29, 0.717) is 11.4 Å². The monoisotopic (exact) mass is 354 g/mol. The molecule has 0 fully saturated rings. The summed E-state index contributed by atoms with van der Waals surface area (Å²) in [4.78, 5) is 15.7. The van der Waals surface area contributed by atoms with E-state index in [1.165, 1.54) is 7.11 Å². The van der Waals surface area contributed by atoms with Gasteiger partial charge in [0.2, 0.25) is 0 Å². The molecule has 0 radical (unpaired) electrons. The number of hydrogen-bond acceptors (Lipinski definition) is 3. The van der Waals surface area contributed by atoms with Gasteiger partial charge in [0, 0.05) is 28.0 Å². The van der Waals surface area contributed by atoms with Crippen molar-refractivity contribution in [1.29, 1.82) is 0 Å². The molecule has 0 spiro atoms. The molecule has 1 aliphatic heterocycles. The number of methoxy groups -OCH3 is 1. The Morgan fingerprint density at radius 2 is 2.04 bits per heavy atom. The molecule has 2 unspecified atom stereocenters. The maximum absolute atomic E-state index is 12.2. The van der Waals surface area contributed by atoms with Crippen LogP contribution in [0.4, 0.5) is 0 Å². The van der Waals surface area contributed by atoms with Crippen molar-refractivity contribution in [3.63, 3.8) is 0 Å². The van der Waals surface area contributed by atoms with Gasteiger partial charge < -0.3 is 9.72 Å². The molecule has 4 nitrogen and oxygen atoms in total. The van der Waals surface area contributed by atoms with Gasteiger partial charge in [0.05, 0.1) is 13.2 Å². The van der Waals surface area contributed by atoms with Crippen LogP contribution < -0.4 is 5.32 Å². The Bertz CT molecular complexity index is 963. The number of aryl methyl sites for hydroxylation is 1. The van der Waals surface area contributed by atoms with Crippen LogP contribution in [0.2, 0.25) is 5.02 Å². The number of H-pyrrole nitrogens is 1. The van der Waals surface area contributed by atoms with Gasteiger partial charge in [0.15, 0.2) is 0 Å².